The highest BCUT2D eigenvalue weighted by Gasteiger charge is 2.35. The van der Waals surface area contributed by atoms with Gasteiger partial charge in [-0.25, -0.2) is 0 Å². The van der Waals surface area contributed by atoms with E-state index in [4.69, 9.17) is 4.74 Å². The largest absolute Gasteiger partial charge is 0.494 e. The van der Waals surface area contributed by atoms with E-state index in [0.717, 1.165) is 21.5 Å². The minimum absolute atomic E-state index is 0.0345. The number of para-hydroxylation sites is 1. The summed E-state index contributed by atoms with van der Waals surface area (Å²) in [6.45, 7) is 2.52. The summed E-state index contributed by atoms with van der Waals surface area (Å²) in [5.74, 6) is 0.984. The second-order valence-corrected chi connectivity index (χ2v) is 8.89. The number of benzene rings is 3. The van der Waals surface area contributed by atoms with E-state index in [2.05, 4.69) is 21.2 Å². The van der Waals surface area contributed by atoms with Gasteiger partial charge in [-0.15, -0.1) is 11.8 Å². The molecule has 0 radical (unpaired) electrons. The fourth-order valence-electron chi connectivity index (χ4n) is 3.45. The lowest BCUT2D eigenvalue weighted by Gasteiger charge is -2.26. The summed E-state index contributed by atoms with van der Waals surface area (Å²) in [6.07, 6.45) is 0. The first kappa shape index (κ1) is 21.5. The molecule has 1 atom stereocenters. The van der Waals surface area contributed by atoms with E-state index >= 15 is 0 Å². The minimum atomic E-state index is -0.232. The Labute approximate surface area is 193 Å². The third-order valence-electron chi connectivity index (χ3n) is 4.86. The first-order valence-electron chi connectivity index (χ1n) is 9.89. The second kappa shape index (κ2) is 9.58. The van der Waals surface area contributed by atoms with Crippen LogP contribution in [0.4, 0.5) is 11.4 Å². The van der Waals surface area contributed by atoms with E-state index in [9.17, 15) is 9.59 Å². The van der Waals surface area contributed by atoms with Gasteiger partial charge < -0.3 is 10.1 Å². The molecule has 3 aromatic rings. The molecule has 0 aromatic heterocycles. The van der Waals surface area contributed by atoms with Crippen molar-refractivity contribution < 1.29 is 14.3 Å². The molecule has 0 spiro atoms. The Morgan fingerprint density at radius 2 is 1.90 bits per heavy atom. The van der Waals surface area contributed by atoms with Gasteiger partial charge in [-0.1, -0.05) is 40.2 Å². The van der Waals surface area contributed by atoms with Gasteiger partial charge >= 0.3 is 0 Å². The molecule has 1 fully saturated rings. The van der Waals surface area contributed by atoms with Crippen LogP contribution in [0.1, 0.15) is 28.2 Å². The van der Waals surface area contributed by atoms with Crippen molar-refractivity contribution in [2.24, 2.45) is 0 Å². The fraction of sp³-hybridized carbons (Fsp3) is 0.167. The molecule has 2 amide bonds. The molecule has 0 bridgehead atoms. The number of carbonyl (C=O) groups excluding carboxylic acids is 2. The van der Waals surface area contributed by atoms with E-state index in [1.165, 1.54) is 0 Å². The quantitative estimate of drug-likeness (QED) is 0.462. The minimum Gasteiger partial charge on any atom is -0.494 e. The zero-order valence-corrected chi connectivity index (χ0v) is 19.3. The van der Waals surface area contributed by atoms with Gasteiger partial charge in [0.25, 0.3) is 5.91 Å². The number of carbonyl (C=O) groups is 2. The van der Waals surface area contributed by atoms with Crippen molar-refractivity contribution >= 4 is 50.9 Å². The lowest BCUT2D eigenvalue weighted by Crippen LogP contribution is -2.28. The van der Waals surface area contributed by atoms with Crippen LogP contribution in [0, 0.1) is 0 Å². The van der Waals surface area contributed by atoms with Crippen molar-refractivity contribution in [1.29, 1.82) is 0 Å². The summed E-state index contributed by atoms with van der Waals surface area (Å²) in [5, 5.41) is 2.78. The van der Waals surface area contributed by atoms with Crippen LogP contribution in [0.5, 0.6) is 5.75 Å². The number of thioether (sulfide) groups is 1. The van der Waals surface area contributed by atoms with Gasteiger partial charge in [0.05, 0.1) is 12.4 Å². The highest BCUT2D eigenvalue weighted by atomic mass is 79.9. The summed E-state index contributed by atoms with van der Waals surface area (Å²) in [5.41, 5.74) is 2.94. The molecule has 0 aliphatic carbocycles. The maximum atomic E-state index is 12.8. The number of amides is 2. The van der Waals surface area contributed by atoms with Crippen LogP contribution >= 0.6 is 27.7 Å². The number of rotatable bonds is 6. The molecule has 31 heavy (non-hydrogen) atoms. The molecule has 3 aromatic carbocycles. The summed E-state index contributed by atoms with van der Waals surface area (Å²) in [4.78, 5) is 27.3. The summed E-state index contributed by atoms with van der Waals surface area (Å²) in [7, 11) is 0. The predicted molar refractivity (Wildman–Crippen MR) is 129 cm³/mol. The van der Waals surface area contributed by atoms with E-state index in [1.807, 2.05) is 67.6 Å². The molecule has 7 heteroatoms. The SMILES string of the molecule is CCOc1ccc(N2C(=O)CSC2c2ccccc2NC(=O)c2cccc(Br)c2)cc1. The van der Waals surface area contributed by atoms with Gasteiger partial charge in [0, 0.05) is 27.0 Å². The molecule has 1 aliphatic heterocycles. The van der Waals surface area contributed by atoms with Crippen molar-refractivity contribution in [3.63, 3.8) is 0 Å². The van der Waals surface area contributed by atoms with Crippen LogP contribution in [-0.2, 0) is 4.79 Å². The zero-order chi connectivity index (χ0) is 21.8. The monoisotopic (exact) mass is 496 g/mol. The molecule has 1 N–H and O–H groups in total. The van der Waals surface area contributed by atoms with Gasteiger partial charge in [0.2, 0.25) is 5.91 Å². The lowest BCUT2D eigenvalue weighted by atomic mass is 10.1. The molecular weight excluding hydrogens is 476 g/mol. The number of nitrogens with one attached hydrogen (secondary N) is 1. The number of anilines is 2. The molecule has 158 valence electrons. The number of ether oxygens (including phenoxy) is 1. The lowest BCUT2D eigenvalue weighted by molar-refractivity contribution is -0.115. The average Bonchev–Trinajstić information content (AvgIpc) is 3.16. The van der Waals surface area contributed by atoms with Crippen LogP contribution in [0.15, 0.2) is 77.3 Å². The third kappa shape index (κ3) is 4.78. The molecule has 0 saturated carbocycles. The van der Waals surface area contributed by atoms with E-state index < -0.39 is 0 Å². The first-order valence-corrected chi connectivity index (χ1v) is 11.7. The fourth-order valence-corrected chi connectivity index (χ4v) is 5.07. The number of nitrogens with zero attached hydrogens (tertiary/aromatic N) is 1. The molecule has 1 unspecified atom stereocenters. The highest BCUT2D eigenvalue weighted by Crippen LogP contribution is 2.44. The average molecular weight is 497 g/mol. The van der Waals surface area contributed by atoms with Crippen LogP contribution in [0.25, 0.3) is 0 Å². The topological polar surface area (TPSA) is 58.6 Å². The Bertz CT molecular complexity index is 1100. The van der Waals surface area contributed by atoms with Gasteiger partial charge in [0.1, 0.15) is 11.1 Å². The molecule has 5 nitrogen and oxygen atoms in total. The van der Waals surface area contributed by atoms with Crippen LogP contribution in [-0.4, -0.2) is 24.2 Å². The van der Waals surface area contributed by atoms with Gasteiger partial charge in [-0.3, -0.25) is 14.5 Å². The summed E-state index contributed by atoms with van der Waals surface area (Å²) >= 11 is 4.95. The standard InChI is InChI=1S/C24H21BrN2O3S/c1-2-30-19-12-10-18(11-13-19)27-22(28)15-31-24(27)20-8-3-4-9-21(20)26-23(29)16-6-5-7-17(25)14-16/h3-14,24H,2,15H2,1H3,(H,26,29). The summed E-state index contributed by atoms with van der Waals surface area (Å²) in [6, 6.07) is 22.4. The van der Waals surface area contributed by atoms with Crippen LogP contribution < -0.4 is 15.0 Å². The van der Waals surface area contributed by atoms with Gasteiger partial charge in [-0.2, -0.15) is 0 Å². The Morgan fingerprint density at radius 1 is 1.13 bits per heavy atom. The zero-order valence-electron chi connectivity index (χ0n) is 16.9. The molecule has 1 heterocycles. The van der Waals surface area contributed by atoms with Crippen molar-refractivity contribution in [3.05, 3.63) is 88.4 Å². The summed E-state index contributed by atoms with van der Waals surface area (Å²) < 4.78 is 6.36. The van der Waals surface area contributed by atoms with Gasteiger partial charge in [-0.05, 0) is 55.5 Å². The molecule has 4 rings (SSSR count). The van der Waals surface area contributed by atoms with Crippen molar-refractivity contribution in [3.8, 4) is 5.75 Å². The van der Waals surface area contributed by atoms with Crippen LogP contribution in [0.3, 0.4) is 0 Å². The number of halogens is 1. The van der Waals surface area contributed by atoms with Crippen LogP contribution in [0.2, 0.25) is 0 Å². The van der Waals surface area contributed by atoms with Crippen molar-refractivity contribution in [2.45, 2.75) is 12.3 Å². The van der Waals surface area contributed by atoms with Gasteiger partial charge in [0.15, 0.2) is 0 Å². The predicted octanol–water partition coefficient (Wildman–Crippen LogP) is 5.88. The van der Waals surface area contributed by atoms with E-state index in [-0.39, 0.29) is 17.2 Å². The smallest absolute Gasteiger partial charge is 0.255 e. The second-order valence-electron chi connectivity index (χ2n) is 6.91. The van der Waals surface area contributed by atoms with E-state index in [0.29, 0.717) is 23.6 Å². The number of hydrogen-bond acceptors (Lipinski definition) is 4. The Morgan fingerprint density at radius 3 is 2.65 bits per heavy atom. The Balaban J connectivity index is 1.62. The Kier molecular flexibility index (Phi) is 6.63. The molecule has 1 saturated heterocycles. The first-order chi connectivity index (χ1) is 15.1. The maximum Gasteiger partial charge on any atom is 0.255 e. The Hall–Kier alpha value is -2.77. The highest BCUT2D eigenvalue weighted by molar-refractivity contribution is 9.10. The molecule has 1 aliphatic rings. The normalized spacial score (nSPS) is 15.7. The van der Waals surface area contributed by atoms with E-state index in [1.54, 1.807) is 28.8 Å². The third-order valence-corrected chi connectivity index (χ3v) is 6.54. The van der Waals surface area contributed by atoms with Crippen molar-refractivity contribution in [2.75, 3.05) is 22.6 Å². The van der Waals surface area contributed by atoms with Crippen molar-refractivity contribution in [1.82, 2.24) is 0 Å². The molecular formula is C24H21BrN2O3S. The maximum absolute atomic E-state index is 12.8. The number of hydrogen-bond donors (Lipinski definition) is 1.